The number of rotatable bonds is 4. The summed E-state index contributed by atoms with van der Waals surface area (Å²) in [6, 6.07) is 0.320. The van der Waals surface area contributed by atoms with E-state index in [2.05, 4.69) is 41.8 Å². The van der Waals surface area contributed by atoms with Crippen LogP contribution in [-0.4, -0.2) is 15.6 Å². The Labute approximate surface area is 99.0 Å². The van der Waals surface area contributed by atoms with Gasteiger partial charge in [-0.25, -0.2) is 0 Å². The number of hydrogen-bond acceptors (Lipinski definition) is 2. The summed E-state index contributed by atoms with van der Waals surface area (Å²) in [6.45, 7) is 7.86. The minimum Gasteiger partial charge on any atom is -0.300 e. The molecule has 4 heteroatoms. The van der Waals surface area contributed by atoms with Crippen LogP contribution in [-0.2, 0) is 4.79 Å². The van der Waals surface area contributed by atoms with E-state index in [1.54, 1.807) is 13.1 Å². The van der Waals surface area contributed by atoms with Gasteiger partial charge in [-0.2, -0.15) is 5.10 Å². The van der Waals surface area contributed by atoms with E-state index in [0.717, 1.165) is 10.2 Å². The maximum Gasteiger partial charge on any atom is 0.130 e. The van der Waals surface area contributed by atoms with Crippen molar-refractivity contribution in [1.29, 1.82) is 0 Å². The van der Waals surface area contributed by atoms with Gasteiger partial charge in [0.25, 0.3) is 0 Å². The fourth-order valence-electron chi connectivity index (χ4n) is 1.75. The molecule has 1 rings (SSSR count). The van der Waals surface area contributed by atoms with Crippen molar-refractivity contribution in [3.05, 3.63) is 16.4 Å². The number of carbonyl (C=O) groups excluding carboxylic acids is 1. The van der Waals surface area contributed by atoms with Crippen molar-refractivity contribution in [1.82, 2.24) is 9.78 Å². The topological polar surface area (TPSA) is 34.9 Å². The lowest BCUT2D eigenvalue weighted by molar-refractivity contribution is -0.117. The quantitative estimate of drug-likeness (QED) is 0.843. The van der Waals surface area contributed by atoms with Crippen LogP contribution in [0, 0.1) is 0 Å². The SMILES string of the molecule is CC(=O)CC(C)c1c(Br)cnn1C(C)C. The summed E-state index contributed by atoms with van der Waals surface area (Å²) >= 11 is 3.48. The molecule has 0 aliphatic carbocycles. The van der Waals surface area contributed by atoms with Crippen LogP contribution in [0.25, 0.3) is 0 Å². The Bertz CT molecular complexity index is 357. The van der Waals surface area contributed by atoms with Crippen LogP contribution in [0.15, 0.2) is 10.7 Å². The highest BCUT2D eigenvalue weighted by molar-refractivity contribution is 9.10. The highest BCUT2D eigenvalue weighted by atomic mass is 79.9. The predicted molar refractivity (Wildman–Crippen MR) is 64.0 cm³/mol. The molecule has 0 aliphatic rings. The van der Waals surface area contributed by atoms with Crippen molar-refractivity contribution in [2.75, 3.05) is 0 Å². The molecule has 0 fully saturated rings. The molecule has 0 saturated carbocycles. The average molecular weight is 273 g/mol. The summed E-state index contributed by atoms with van der Waals surface area (Å²) < 4.78 is 2.96. The fourth-order valence-corrected chi connectivity index (χ4v) is 2.42. The van der Waals surface area contributed by atoms with E-state index < -0.39 is 0 Å². The number of aromatic nitrogens is 2. The maximum atomic E-state index is 11.1. The zero-order chi connectivity index (χ0) is 11.6. The first kappa shape index (κ1) is 12.4. The normalized spacial score (nSPS) is 13.2. The van der Waals surface area contributed by atoms with Gasteiger partial charge in [0.1, 0.15) is 5.78 Å². The lowest BCUT2D eigenvalue weighted by Gasteiger charge is -2.16. The molecule has 0 spiro atoms. The first-order valence-electron chi connectivity index (χ1n) is 5.15. The Morgan fingerprint density at radius 3 is 2.60 bits per heavy atom. The van der Waals surface area contributed by atoms with Crippen LogP contribution in [0.2, 0.25) is 0 Å². The molecule has 0 N–H and O–H groups in total. The van der Waals surface area contributed by atoms with Gasteiger partial charge in [0.15, 0.2) is 0 Å². The van der Waals surface area contributed by atoms with Crippen LogP contribution in [0.4, 0.5) is 0 Å². The second kappa shape index (κ2) is 4.92. The number of carbonyl (C=O) groups is 1. The van der Waals surface area contributed by atoms with Crippen LogP contribution in [0.5, 0.6) is 0 Å². The van der Waals surface area contributed by atoms with Gasteiger partial charge in [-0.15, -0.1) is 0 Å². The van der Waals surface area contributed by atoms with Crippen molar-refractivity contribution >= 4 is 21.7 Å². The van der Waals surface area contributed by atoms with Crippen molar-refractivity contribution in [3.8, 4) is 0 Å². The number of ketones is 1. The van der Waals surface area contributed by atoms with E-state index in [-0.39, 0.29) is 11.7 Å². The highest BCUT2D eigenvalue weighted by Crippen LogP contribution is 2.29. The van der Waals surface area contributed by atoms with Crippen LogP contribution in [0.3, 0.4) is 0 Å². The van der Waals surface area contributed by atoms with Crippen molar-refractivity contribution < 1.29 is 4.79 Å². The second-order valence-corrected chi connectivity index (χ2v) is 5.08. The van der Waals surface area contributed by atoms with Crippen LogP contribution >= 0.6 is 15.9 Å². The summed E-state index contributed by atoms with van der Waals surface area (Å²) in [6.07, 6.45) is 2.36. The molecule has 0 aliphatic heterocycles. The Hall–Kier alpha value is -0.640. The van der Waals surface area contributed by atoms with E-state index in [0.29, 0.717) is 12.5 Å². The van der Waals surface area contributed by atoms with Gasteiger partial charge >= 0.3 is 0 Å². The molecule has 15 heavy (non-hydrogen) atoms. The molecule has 84 valence electrons. The molecule has 1 unspecified atom stereocenters. The van der Waals surface area contributed by atoms with Crippen molar-refractivity contribution in [2.24, 2.45) is 0 Å². The van der Waals surface area contributed by atoms with Crippen molar-refractivity contribution in [2.45, 2.75) is 46.1 Å². The third-order valence-electron chi connectivity index (χ3n) is 2.34. The van der Waals surface area contributed by atoms with Gasteiger partial charge in [0.2, 0.25) is 0 Å². The predicted octanol–water partition coefficient (Wildman–Crippen LogP) is 3.31. The van der Waals surface area contributed by atoms with E-state index in [1.165, 1.54) is 0 Å². The lowest BCUT2D eigenvalue weighted by atomic mass is 10.0. The van der Waals surface area contributed by atoms with Gasteiger partial charge < -0.3 is 4.79 Å². The third kappa shape index (κ3) is 2.91. The molecule has 1 heterocycles. The number of Topliss-reactive ketones (excluding diaryl/α,β-unsaturated/α-hetero) is 1. The monoisotopic (exact) mass is 272 g/mol. The van der Waals surface area contributed by atoms with E-state index >= 15 is 0 Å². The van der Waals surface area contributed by atoms with Gasteiger partial charge in [-0.3, -0.25) is 4.68 Å². The Balaban J connectivity index is 3.00. The largest absolute Gasteiger partial charge is 0.300 e. The minimum absolute atomic E-state index is 0.210. The van der Waals surface area contributed by atoms with Gasteiger partial charge in [0.05, 0.1) is 16.4 Å². The molecule has 0 radical (unpaired) electrons. The van der Waals surface area contributed by atoms with Crippen LogP contribution < -0.4 is 0 Å². The van der Waals surface area contributed by atoms with Gasteiger partial charge in [0, 0.05) is 18.4 Å². The van der Waals surface area contributed by atoms with Crippen molar-refractivity contribution in [3.63, 3.8) is 0 Å². The van der Waals surface area contributed by atoms with E-state index in [4.69, 9.17) is 0 Å². The summed E-state index contributed by atoms with van der Waals surface area (Å²) in [5, 5.41) is 4.30. The number of nitrogens with zero attached hydrogens (tertiary/aromatic N) is 2. The van der Waals surface area contributed by atoms with E-state index in [9.17, 15) is 4.79 Å². The zero-order valence-electron chi connectivity index (χ0n) is 9.62. The third-order valence-corrected chi connectivity index (χ3v) is 2.95. The number of halogens is 1. The average Bonchev–Trinajstić information content (AvgIpc) is 2.45. The fraction of sp³-hybridized carbons (Fsp3) is 0.636. The first-order chi connectivity index (χ1) is 6.93. The zero-order valence-corrected chi connectivity index (χ0v) is 11.2. The number of hydrogen-bond donors (Lipinski definition) is 0. The minimum atomic E-state index is 0.210. The summed E-state index contributed by atoms with van der Waals surface area (Å²) in [7, 11) is 0. The molecule has 0 amide bonds. The first-order valence-corrected chi connectivity index (χ1v) is 5.95. The van der Waals surface area contributed by atoms with Gasteiger partial charge in [-0.1, -0.05) is 6.92 Å². The molecule has 1 aromatic heterocycles. The molecule has 1 atom stereocenters. The smallest absolute Gasteiger partial charge is 0.130 e. The van der Waals surface area contributed by atoms with Crippen LogP contribution in [0.1, 0.15) is 51.8 Å². The molecule has 0 bridgehead atoms. The lowest BCUT2D eigenvalue weighted by Crippen LogP contribution is -2.12. The molecular weight excluding hydrogens is 256 g/mol. The standard InChI is InChI=1S/C11H17BrN2O/c1-7(2)14-11(10(12)6-13-14)8(3)5-9(4)15/h6-8H,5H2,1-4H3. The Morgan fingerprint density at radius 1 is 1.53 bits per heavy atom. The Morgan fingerprint density at radius 2 is 2.13 bits per heavy atom. The maximum absolute atomic E-state index is 11.1. The molecule has 0 saturated heterocycles. The van der Waals surface area contributed by atoms with Gasteiger partial charge in [-0.05, 0) is 36.7 Å². The summed E-state index contributed by atoms with van der Waals surface area (Å²) in [5.74, 6) is 0.424. The molecule has 0 aromatic carbocycles. The summed E-state index contributed by atoms with van der Waals surface area (Å²) in [4.78, 5) is 11.1. The molecular formula is C11H17BrN2O. The Kier molecular flexibility index (Phi) is 4.08. The molecule has 3 nitrogen and oxygen atoms in total. The second-order valence-electron chi connectivity index (χ2n) is 4.22. The molecule has 1 aromatic rings. The highest BCUT2D eigenvalue weighted by Gasteiger charge is 2.18. The summed E-state index contributed by atoms with van der Waals surface area (Å²) in [5.41, 5.74) is 1.11. The van der Waals surface area contributed by atoms with E-state index in [1.807, 2.05) is 4.68 Å².